The highest BCUT2D eigenvalue weighted by Crippen LogP contribution is 2.46. The van der Waals surface area contributed by atoms with Crippen molar-refractivity contribution in [3.05, 3.63) is 42.6 Å². The number of hydrogen-bond acceptors (Lipinski definition) is 4. The molecule has 0 aliphatic carbocycles. The van der Waals surface area contributed by atoms with E-state index in [4.69, 9.17) is 0 Å². The number of pyridine rings is 1. The van der Waals surface area contributed by atoms with Crippen molar-refractivity contribution in [3.63, 3.8) is 0 Å². The highest BCUT2D eigenvalue weighted by Gasteiger charge is 2.24. The van der Waals surface area contributed by atoms with E-state index < -0.39 is 0 Å². The zero-order chi connectivity index (χ0) is 16.3. The Hall–Kier alpha value is -1.27. The van der Waals surface area contributed by atoms with Crippen LogP contribution in [-0.2, 0) is 0 Å². The smallest absolute Gasteiger partial charge is 0.147 e. The van der Waals surface area contributed by atoms with E-state index in [0.717, 1.165) is 36.4 Å². The van der Waals surface area contributed by atoms with Crippen molar-refractivity contribution in [1.29, 1.82) is 0 Å². The molecule has 0 fully saturated rings. The van der Waals surface area contributed by atoms with Gasteiger partial charge in [0, 0.05) is 24.1 Å². The van der Waals surface area contributed by atoms with E-state index in [1.54, 1.807) is 11.8 Å². The van der Waals surface area contributed by atoms with Gasteiger partial charge in [0.05, 0.1) is 37.8 Å². The summed E-state index contributed by atoms with van der Waals surface area (Å²) in [4.78, 5) is 9.45. The molecule has 2 aromatic rings. The summed E-state index contributed by atoms with van der Waals surface area (Å²) in [6.45, 7) is 3.01. The minimum atomic E-state index is 0. The molecule has 1 aliphatic rings. The fourth-order valence-electron chi connectivity index (χ4n) is 2.93. The van der Waals surface area contributed by atoms with Gasteiger partial charge in [-0.25, -0.2) is 4.98 Å². The molecule has 0 radical (unpaired) electrons. The van der Waals surface area contributed by atoms with Gasteiger partial charge in [0.15, 0.2) is 0 Å². The second kappa shape index (κ2) is 8.21. The Balaban J connectivity index is 0.00000208. The van der Waals surface area contributed by atoms with Gasteiger partial charge in [-0.2, -0.15) is 0 Å². The van der Waals surface area contributed by atoms with Gasteiger partial charge in [-0.05, 0) is 24.3 Å². The lowest BCUT2D eigenvalue weighted by molar-refractivity contribution is -0.890. The molecular weight excluding hydrogens is 342 g/mol. The SMILES string of the molecule is C[N+](C)(CCO)CCCN1c2ccccc2Sc2cccnc21.[Cl-]. The highest BCUT2D eigenvalue weighted by atomic mass is 35.5. The van der Waals surface area contributed by atoms with Gasteiger partial charge in [-0.3, -0.25) is 0 Å². The highest BCUT2D eigenvalue weighted by molar-refractivity contribution is 7.99. The molecule has 0 saturated heterocycles. The Bertz CT molecular complexity index is 635. The van der Waals surface area contributed by atoms with Crippen molar-refractivity contribution in [2.75, 3.05) is 45.2 Å². The quantitative estimate of drug-likeness (QED) is 0.739. The number of aliphatic hydroxyl groups excluding tert-OH is 1. The van der Waals surface area contributed by atoms with Crippen LogP contribution in [0.5, 0.6) is 0 Å². The van der Waals surface area contributed by atoms with Gasteiger partial charge in [-0.15, -0.1) is 0 Å². The molecule has 0 saturated carbocycles. The first-order chi connectivity index (χ1) is 11.1. The van der Waals surface area contributed by atoms with Gasteiger partial charge in [0.1, 0.15) is 12.4 Å². The number of hydrogen-bond donors (Lipinski definition) is 1. The summed E-state index contributed by atoms with van der Waals surface area (Å²) >= 11 is 1.79. The largest absolute Gasteiger partial charge is 1.00 e. The lowest BCUT2D eigenvalue weighted by Gasteiger charge is -2.33. The van der Waals surface area contributed by atoms with Gasteiger partial charge < -0.3 is 26.9 Å². The van der Waals surface area contributed by atoms with Gasteiger partial charge in [0.2, 0.25) is 0 Å². The summed E-state index contributed by atoms with van der Waals surface area (Å²) in [6, 6.07) is 12.7. The van der Waals surface area contributed by atoms with E-state index in [1.807, 2.05) is 12.3 Å². The van der Waals surface area contributed by atoms with Gasteiger partial charge in [0.25, 0.3) is 0 Å². The molecule has 2 heterocycles. The Morgan fingerprint density at radius 3 is 2.62 bits per heavy atom. The summed E-state index contributed by atoms with van der Waals surface area (Å²) in [5, 5.41) is 9.17. The first kappa shape index (κ1) is 19.1. The fraction of sp³-hybridized carbons (Fsp3) is 0.389. The first-order valence-electron chi connectivity index (χ1n) is 8.03. The molecule has 0 atom stereocenters. The number of aromatic nitrogens is 1. The summed E-state index contributed by atoms with van der Waals surface area (Å²) in [5.41, 5.74) is 1.25. The van der Waals surface area contributed by atoms with E-state index in [-0.39, 0.29) is 19.0 Å². The molecule has 24 heavy (non-hydrogen) atoms. The van der Waals surface area contributed by atoms with Crippen LogP contribution < -0.4 is 17.3 Å². The molecule has 130 valence electrons. The zero-order valence-corrected chi connectivity index (χ0v) is 15.7. The van der Waals surface area contributed by atoms with E-state index in [2.05, 4.69) is 54.3 Å². The van der Waals surface area contributed by atoms with E-state index >= 15 is 0 Å². The van der Waals surface area contributed by atoms with Crippen LogP contribution in [0.1, 0.15) is 6.42 Å². The summed E-state index contributed by atoms with van der Waals surface area (Å²) in [7, 11) is 4.34. The maximum absolute atomic E-state index is 9.17. The molecule has 3 rings (SSSR count). The molecule has 1 aliphatic heterocycles. The van der Waals surface area contributed by atoms with E-state index in [1.165, 1.54) is 15.5 Å². The standard InChI is InChI=1S/C18H24N3OS.ClH/c1-21(2,13-14-22)12-6-11-20-15-7-3-4-8-16(15)23-17-9-5-10-19-18(17)20;/h3-5,7-10,22H,6,11-14H2,1-2H3;1H/q+1;/p-1. The van der Waals surface area contributed by atoms with Crippen molar-refractivity contribution >= 4 is 23.3 Å². The monoisotopic (exact) mass is 365 g/mol. The maximum Gasteiger partial charge on any atom is 0.147 e. The maximum atomic E-state index is 9.17. The summed E-state index contributed by atoms with van der Waals surface area (Å²) < 4.78 is 0.843. The number of nitrogens with zero attached hydrogens (tertiary/aromatic N) is 3. The number of likely N-dealkylation sites (N-methyl/N-ethyl adjacent to an activating group) is 1. The van der Waals surface area contributed by atoms with Crippen molar-refractivity contribution in [3.8, 4) is 0 Å². The van der Waals surface area contributed by atoms with Crippen LogP contribution in [0.15, 0.2) is 52.4 Å². The van der Waals surface area contributed by atoms with Crippen LogP contribution in [0, 0.1) is 0 Å². The second-order valence-electron chi connectivity index (χ2n) is 6.51. The summed E-state index contributed by atoms with van der Waals surface area (Å²) in [5.74, 6) is 1.06. The molecule has 0 spiro atoms. The van der Waals surface area contributed by atoms with Crippen molar-refractivity contribution in [2.24, 2.45) is 0 Å². The molecule has 1 aromatic carbocycles. The number of fused-ring (bicyclic) bond motifs is 2. The van der Waals surface area contributed by atoms with Crippen LogP contribution in [0.4, 0.5) is 11.5 Å². The number of quaternary nitrogens is 1. The third kappa shape index (κ3) is 4.22. The predicted molar refractivity (Wildman–Crippen MR) is 95.4 cm³/mol. The number of benzene rings is 1. The van der Waals surface area contributed by atoms with Crippen LogP contribution in [0.2, 0.25) is 0 Å². The second-order valence-corrected chi connectivity index (χ2v) is 7.59. The first-order valence-corrected chi connectivity index (χ1v) is 8.85. The molecule has 0 unspecified atom stereocenters. The third-order valence-corrected chi connectivity index (χ3v) is 5.34. The lowest BCUT2D eigenvalue weighted by Crippen LogP contribution is -3.00. The average molecular weight is 366 g/mol. The molecular formula is C18H24ClN3OS. The minimum absolute atomic E-state index is 0. The van der Waals surface area contributed by atoms with Crippen LogP contribution in [0.25, 0.3) is 0 Å². The number of para-hydroxylation sites is 1. The van der Waals surface area contributed by atoms with Crippen molar-refractivity contribution in [1.82, 2.24) is 4.98 Å². The Morgan fingerprint density at radius 1 is 1.08 bits per heavy atom. The molecule has 0 bridgehead atoms. The predicted octanol–water partition coefficient (Wildman–Crippen LogP) is 0.147. The Kier molecular flexibility index (Phi) is 6.52. The number of anilines is 2. The lowest BCUT2D eigenvalue weighted by atomic mass is 10.2. The fourth-order valence-corrected chi connectivity index (χ4v) is 4.00. The molecule has 4 nitrogen and oxygen atoms in total. The van der Waals surface area contributed by atoms with Gasteiger partial charge >= 0.3 is 0 Å². The zero-order valence-electron chi connectivity index (χ0n) is 14.2. The van der Waals surface area contributed by atoms with E-state index in [0.29, 0.717) is 0 Å². The molecule has 6 heteroatoms. The normalized spacial score (nSPS) is 13.0. The number of halogens is 1. The summed E-state index contributed by atoms with van der Waals surface area (Å²) in [6.07, 6.45) is 2.92. The molecule has 0 amide bonds. The van der Waals surface area contributed by atoms with Crippen molar-refractivity contribution in [2.45, 2.75) is 16.2 Å². The van der Waals surface area contributed by atoms with Crippen molar-refractivity contribution < 1.29 is 22.0 Å². The van der Waals surface area contributed by atoms with Crippen LogP contribution in [0.3, 0.4) is 0 Å². The third-order valence-electron chi connectivity index (χ3n) is 4.23. The minimum Gasteiger partial charge on any atom is -1.00 e. The topological polar surface area (TPSA) is 36.4 Å². The number of rotatable bonds is 6. The van der Waals surface area contributed by atoms with Crippen LogP contribution in [-0.4, -0.2) is 54.9 Å². The molecule has 1 N–H and O–H groups in total. The average Bonchev–Trinajstić information content (AvgIpc) is 2.54. The van der Waals surface area contributed by atoms with Crippen LogP contribution >= 0.6 is 11.8 Å². The Labute approximate surface area is 154 Å². The van der Waals surface area contributed by atoms with E-state index in [9.17, 15) is 5.11 Å². The van der Waals surface area contributed by atoms with Gasteiger partial charge in [-0.1, -0.05) is 23.9 Å². The molecule has 1 aromatic heterocycles. The number of aliphatic hydroxyl groups is 1. The Morgan fingerprint density at radius 2 is 1.83 bits per heavy atom.